The predicted octanol–water partition coefficient (Wildman–Crippen LogP) is 4.41. The van der Waals surface area contributed by atoms with E-state index in [1.165, 1.54) is 0 Å². The minimum Gasteiger partial charge on any atom is -0.465 e. The molecule has 5 rings (SSSR count). The van der Waals surface area contributed by atoms with Crippen LogP contribution in [0.25, 0.3) is 10.8 Å². The number of nitrogens with zero attached hydrogens (tertiary/aromatic N) is 2. The van der Waals surface area contributed by atoms with E-state index >= 15 is 0 Å². The SMILES string of the molecule is C=CCCCOC(=O)[C@@H]1[C@H]2C(=O)N(CCCCCO)C(C(=O)N(CC=C)c3ccc4ccccc4c3)C23CC[C@H]1O3. The van der Waals surface area contributed by atoms with E-state index in [1.807, 2.05) is 42.5 Å². The molecule has 1 N–H and O–H groups in total. The zero-order valence-electron chi connectivity index (χ0n) is 23.6. The van der Waals surface area contributed by atoms with Crippen LogP contribution in [0, 0.1) is 11.8 Å². The highest BCUT2D eigenvalue weighted by Gasteiger charge is 2.75. The van der Waals surface area contributed by atoms with Crippen LogP contribution in [-0.2, 0) is 23.9 Å². The van der Waals surface area contributed by atoms with Gasteiger partial charge in [0, 0.05) is 25.4 Å². The lowest BCUT2D eigenvalue weighted by Gasteiger charge is -2.37. The number of allylic oxidation sites excluding steroid dienone is 1. The summed E-state index contributed by atoms with van der Waals surface area (Å²) in [4.78, 5) is 45.3. The van der Waals surface area contributed by atoms with Gasteiger partial charge in [-0.2, -0.15) is 0 Å². The maximum absolute atomic E-state index is 14.6. The van der Waals surface area contributed by atoms with Gasteiger partial charge in [-0.05, 0) is 67.9 Å². The van der Waals surface area contributed by atoms with Crippen molar-refractivity contribution in [2.45, 2.75) is 62.7 Å². The summed E-state index contributed by atoms with van der Waals surface area (Å²) in [5.41, 5.74) is -0.372. The summed E-state index contributed by atoms with van der Waals surface area (Å²) in [5, 5.41) is 11.3. The first-order valence-corrected chi connectivity index (χ1v) is 14.7. The van der Waals surface area contributed by atoms with E-state index in [4.69, 9.17) is 9.47 Å². The van der Waals surface area contributed by atoms with Gasteiger partial charge in [0.2, 0.25) is 5.91 Å². The lowest BCUT2D eigenvalue weighted by atomic mass is 9.70. The standard InChI is InChI=1S/C33H40N2O6/c1-3-5-11-21-40-32(39)27-26-16-17-33(41-26)28(27)30(37)35(19-9-6-10-20-36)29(33)31(38)34(18-4-2)25-15-14-23-12-7-8-13-24(23)22-25/h3-4,7-8,12-15,22,26-29,36H,1-2,5-6,9-11,16-21H2/t26-,27+,28+,29?,33?/m1/s1. The molecule has 3 aliphatic heterocycles. The van der Waals surface area contributed by atoms with E-state index in [1.54, 1.807) is 22.0 Å². The fourth-order valence-corrected chi connectivity index (χ4v) is 6.95. The minimum absolute atomic E-state index is 0.0719. The molecule has 8 heteroatoms. The summed E-state index contributed by atoms with van der Waals surface area (Å²) in [6, 6.07) is 13.0. The first-order chi connectivity index (χ1) is 20.0. The third kappa shape index (κ3) is 5.31. The van der Waals surface area contributed by atoms with Gasteiger partial charge >= 0.3 is 5.97 Å². The molecule has 0 radical (unpaired) electrons. The maximum atomic E-state index is 14.6. The molecule has 0 aromatic heterocycles. The molecule has 2 aromatic rings. The van der Waals surface area contributed by atoms with Crippen LogP contribution in [0.1, 0.15) is 44.9 Å². The first kappa shape index (κ1) is 29.0. The third-order valence-corrected chi connectivity index (χ3v) is 8.78. The Bertz CT molecular complexity index is 1310. The number of hydrogen-bond acceptors (Lipinski definition) is 6. The average Bonchev–Trinajstić information content (AvgIpc) is 3.63. The van der Waals surface area contributed by atoms with Crippen molar-refractivity contribution in [3.8, 4) is 0 Å². The largest absolute Gasteiger partial charge is 0.465 e. The van der Waals surface area contributed by atoms with Crippen LogP contribution >= 0.6 is 0 Å². The number of benzene rings is 2. The number of hydrogen-bond donors (Lipinski definition) is 1. The third-order valence-electron chi connectivity index (χ3n) is 8.78. The van der Waals surface area contributed by atoms with Crippen LogP contribution in [0.2, 0.25) is 0 Å². The molecular weight excluding hydrogens is 520 g/mol. The van der Waals surface area contributed by atoms with E-state index in [2.05, 4.69) is 13.2 Å². The molecule has 3 fully saturated rings. The van der Waals surface area contributed by atoms with E-state index in [0.717, 1.165) is 23.6 Å². The van der Waals surface area contributed by atoms with Gasteiger partial charge in [-0.25, -0.2) is 0 Å². The van der Waals surface area contributed by atoms with Gasteiger partial charge in [0.25, 0.3) is 5.91 Å². The van der Waals surface area contributed by atoms with E-state index in [0.29, 0.717) is 44.3 Å². The van der Waals surface area contributed by atoms with Gasteiger partial charge in [-0.1, -0.05) is 42.5 Å². The summed E-state index contributed by atoms with van der Waals surface area (Å²) < 4.78 is 12.1. The quantitative estimate of drug-likeness (QED) is 0.209. The van der Waals surface area contributed by atoms with Crippen molar-refractivity contribution in [3.63, 3.8) is 0 Å². The molecule has 2 aromatic carbocycles. The highest BCUT2D eigenvalue weighted by Crippen LogP contribution is 2.59. The highest BCUT2D eigenvalue weighted by molar-refractivity contribution is 6.05. The molecule has 0 saturated carbocycles. The molecule has 218 valence electrons. The van der Waals surface area contributed by atoms with Crippen LogP contribution < -0.4 is 4.90 Å². The Morgan fingerprint density at radius 2 is 1.90 bits per heavy atom. The Labute approximate surface area is 241 Å². The second kappa shape index (κ2) is 12.6. The number of amides is 2. The summed E-state index contributed by atoms with van der Waals surface area (Å²) in [5.74, 6) is -2.38. The van der Waals surface area contributed by atoms with Gasteiger partial charge in [0.05, 0.1) is 24.5 Å². The van der Waals surface area contributed by atoms with Crippen molar-refractivity contribution < 1.29 is 29.0 Å². The van der Waals surface area contributed by atoms with E-state index in [9.17, 15) is 19.5 Å². The molecule has 2 bridgehead atoms. The number of unbranched alkanes of at least 4 members (excludes halogenated alkanes) is 3. The molecule has 3 saturated heterocycles. The van der Waals surface area contributed by atoms with Crippen molar-refractivity contribution in [2.75, 3.05) is 31.2 Å². The Hall–Kier alpha value is -3.49. The van der Waals surface area contributed by atoms with Gasteiger partial charge in [-0.15, -0.1) is 13.2 Å². The number of ether oxygens (including phenoxy) is 2. The molecule has 3 aliphatic rings. The molecule has 5 atom stereocenters. The monoisotopic (exact) mass is 560 g/mol. The molecule has 0 aliphatic carbocycles. The highest BCUT2D eigenvalue weighted by atomic mass is 16.6. The molecule has 3 heterocycles. The van der Waals surface area contributed by atoms with Crippen molar-refractivity contribution in [3.05, 3.63) is 67.8 Å². The lowest BCUT2D eigenvalue weighted by Crippen LogP contribution is -2.56. The van der Waals surface area contributed by atoms with Crippen molar-refractivity contribution >= 4 is 34.2 Å². The fourth-order valence-electron chi connectivity index (χ4n) is 6.95. The number of aliphatic hydroxyl groups excluding tert-OH is 1. The zero-order chi connectivity index (χ0) is 29.0. The van der Waals surface area contributed by atoms with Gasteiger partial charge in [-0.3, -0.25) is 14.4 Å². The summed E-state index contributed by atoms with van der Waals surface area (Å²) in [6.07, 6.45) is 7.50. The summed E-state index contributed by atoms with van der Waals surface area (Å²) >= 11 is 0. The molecule has 2 amide bonds. The van der Waals surface area contributed by atoms with Crippen molar-refractivity contribution in [1.82, 2.24) is 4.90 Å². The number of carbonyl (C=O) groups excluding carboxylic acids is 3. The normalized spacial score (nSPS) is 26.3. The van der Waals surface area contributed by atoms with E-state index in [-0.39, 0.29) is 31.6 Å². The van der Waals surface area contributed by atoms with Gasteiger partial charge < -0.3 is 24.4 Å². The fraction of sp³-hybridized carbons (Fsp3) is 0.485. The second-order valence-electron chi connectivity index (χ2n) is 11.2. The number of fused-ring (bicyclic) bond motifs is 2. The number of rotatable bonds is 14. The predicted molar refractivity (Wildman–Crippen MR) is 157 cm³/mol. The van der Waals surface area contributed by atoms with E-state index < -0.39 is 35.6 Å². The lowest BCUT2D eigenvalue weighted by molar-refractivity contribution is -0.155. The number of esters is 1. The second-order valence-corrected chi connectivity index (χ2v) is 11.2. The Morgan fingerprint density at radius 3 is 2.66 bits per heavy atom. The van der Waals surface area contributed by atoms with Crippen LogP contribution in [0.3, 0.4) is 0 Å². The van der Waals surface area contributed by atoms with Gasteiger partial charge in [0.15, 0.2) is 0 Å². The number of aliphatic hydroxyl groups is 1. The minimum atomic E-state index is -1.09. The van der Waals surface area contributed by atoms with Crippen molar-refractivity contribution in [1.29, 1.82) is 0 Å². The molecule has 8 nitrogen and oxygen atoms in total. The number of anilines is 1. The van der Waals surface area contributed by atoms with Crippen LogP contribution in [0.4, 0.5) is 5.69 Å². The first-order valence-electron chi connectivity index (χ1n) is 14.7. The average molecular weight is 561 g/mol. The summed E-state index contributed by atoms with van der Waals surface area (Å²) in [7, 11) is 0. The molecule has 1 spiro atoms. The maximum Gasteiger partial charge on any atom is 0.312 e. The Morgan fingerprint density at radius 1 is 1.10 bits per heavy atom. The Balaban J connectivity index is 1.48. The zero-order valence-corrected chi connectivity index (χ0v) is 23.6. The topological polar surface area (TPSA) is 96.4 Å². The Kier molecular flexibility index (Phi) is 8.90. The molecule has 2 unspecified atom stereocenters. The number of likely N-dealkylation sites (tertiary alicyclic amines) is 1. The van der Waals surface area contributed by atoms with Gasteiger partial charge in [0.1, 0.15) is 11.6 Å². The molecule has 41 heavy (non-hydrogen) atoms. The van der Waals surface area contributed by atoms with Crippen LogP contribution in [0.15, 0.2) is 67.8 Å². The molecular formula is C33H40N2O6. The smallest absolute Gasteiger partial charge is 0.312 e. The van der Waals surface area contributed by atoms with Crippen molar-refractivity contribution in [2.24, 2.45) is 11.8 Å². The van der Waals surface area contributed by atoms with Crippen LogP contribution in [-0.4, -0.2) is 71.8 Å². The number of carbonyl (C=O) groups is 3. The summed E-state index contributed by atoms with van der Waals surface area (Å²) in [6.45, 7) is 8.54. The van der Waals surface area contributed by atoms with Crippen LogP contribution in [0.5, 0.6) is 0 Å².